The maximum absolute atomic E-state index is 5.50. The van der Waals surface area contributed by atoms with Crippen molar-refractivity contribution in [3.8, 4) is 113 Å². The second-order valence-electron chi connectivity index (χ2n) is 30.2. The van der Waals surface area contributed by atoms with Crippen molar-refractivity contribution in [3.05, 3.63) is 385 Å². The summed E-state index contributed by atoms with van der Waals surface area (Å²) >= 11 is 0. The summed E-state index contributed by atoms with van der Waals surface area (Å²) in [6.07, 6.45) is 13.2. The Kier molecular flexibility index (Phi) is 13.8. The van der Waals surface area contributed by atoms with Gasteiger partial charge in [0.25, 0.3) is 0 Å². The minimum absolute atomic E-state index is 0.571. The molecule has 0 radical (unpaired) electrons. The van der Waals surface area contributed by atoms with Gasteiger partial charge in [0.05, 0.1) is 38.5 Å². The number of para-hydroxylation sites is 4. The van der Waals surface area contributed by atoms with Gasteiger partial charge in [0.15, 0.2) is 34.9 Å². The highest BCUT2D eigenvalue weighted by Crippen LogP contribution is 2.65. The van der Waals surface area contributed by atoms with Crippen molar-refractivity contribution in [1.29, 1.82) is 0 Å². The molecule has 10 nitrogen and oxygen atoms in total. The Morgan fingerprint density at radius 3 is 1.07 bits per heavy atom. The third-order valence-electron chi connectivity index (χ3n) is 24.2. The van der Waals surface area contributed by atoms with E-state index in [4.69, 9.17) is 29.9 Å². The molecule has 113 heavy (non-hydrogen) atoms. The van der Waals surface area contributed by atoms with Crippen LogP contribution in [0.5, 0.6) is 0 Å². The first kappa shape index (κ1) is 63.2. The third kappa shape index (κ3) is 9.35. The van der Waals surface area contributed by atoms with E-state index in [0.717, 1.165) is 148 Å². The van der Waals surface area contributed by atoms with Crippen LogP contribution in [0.25, 0.3) is 191 Å². The molecule has 6 heterocycles. The Morgan fingerprint density at radius 2 is 0.602 bits per heavy atom. The predicted octanol–water partition coefficient (Wildman–Crippen LogP) is 24.4. The summed E-state index contributed by atoms with van der Waals surface area (Å²) in [5.74, 6) is 3.52. The molecule has 4 aliphatic carbocycles. The molecule has 20 aromatic rings. The van der Waals surface area contributed by atoms with Gasteiger partial charge in [0.2, 0.25) is 0 Å². The van der Waals surface area contributed by atoms with E-state index in [-0.39, 0.29) is 0 Å². The number of hydrogen-bond donors (Lipinski definition) is 0. The van der Waals surface area contributed by atoms with Crippen LogP contribution in [0.3, 0.4) is 0 Å². The lowest BCUT2D eigenvalue weighted by molar-refractivity contribution is 0.791. The third-order valence-corrected chi connectivity index (χ3v) is 24.2. The molecule has 528 valence electrons. The van der Waals surface area contributed by atoms with Crippen molar-refractivity contribution in [2.45, 2.75) is 31.1 Å². The molecule has 0 N–H and O–H groups in total. The molecular weight excluding hydrogens is 1380 g/mol. The van der Waals surface area contributed by atoms with Gasteiger partial charge in [-0.25, -0.2) is 29.9 Å². The number of nitrogens with zero attached hydrogens (tertiary/aromatic N) is 10. The summed E-state index contributed by atoms with van der Waals surface area (Å²) in [7, 11) is 0. The molecule has 4 aliphatic rings. The Hall–Kier alpha value is -14.7. The van der Waals surface area contributed by atoms with E-state index < -0.39 is 5.41 Å². The van der Waals surface area contributed by atoms with Crippen LogP contribution in [-0.4, -0.2) is 48.2 Å². The fourth-order valence-corrected chi connectivity index (χ4v) is 19.4. The van der Waals surface area contributed by atoms with Gasteiger partial charge in [0, 0.05) is 105 Å². The normalized spacial score (nSPS) is 13.5. The SMILES string of the molecule is C1=Cc2c(c3ccc4c5ccccc5n(-c5ccc6c(c5)C5(c7cc(-c8nc(-c9ccccc9)nc(-c9ccccc9)n8)ccc7-c7ccc(-c8nc(-c9ccccc9)nc(-c9ccccc9)n8)cc75)c5cc(-n7c8ccccc8c8ccc9c%10c(n(-c%11ccccc%11)c9c87)CCC=C%10)ccc5-6)c4c3n2-c2ccccc2)CC1. The summed E-state index contributed by atoms with van der Waals surface area (Å²) in [5.41, 5.74) is 29.8. The number of allylic oxidation sites excluding steroid dienone is 2. The van der Waals surface area contributed by atoms with Crippen LogP contribution in [-0.2, 0) is 18.3 Å². The number of benzene rings is 14. The van der Waals surface area contributed by atoms with E-state index in [9.17, 15) is 0 Å². The molecule has 0 bridgehead atoms. The second kappa shape index (κ2) is 24.6. The number of fused-ring (bicyclic) bond motifs is 24. The van der Waals surface area contributed by atoms with Gasteiger partial charge >= 0.3 is 0 Å². The highest BCUT2D eigenvalue weighted by atomic mass is 15.1. The van der Waals surface area contributed by atoms with E-state index in [0.29, 0.717) is 34.9 Å². The highest BCUT2D eigenvalue weighted by Gasteiger charge is 2.53. The van der Waals surface area contributed by atoms with Gasteiger partial charge in [-0.3, -0.25) is 0 Å². The van der Waals surface area contributed by atoms with Crippen molar-refractivity contribution in [2.24, 2.45) is 0 Å². The number of rotatable bonds is 10. The summed E-state index contributed by atoms with van der Waals surface area (Å²) < 4.78 is 10.3. The van der Waals surface area contributed by atoms with Crippen LogP contribution in [0.4, 0.5) is 0 Å². The predicted molar refractivity (Wildman–Crippen MR) is 459 cm³/mol. The molecule has 0 amide bonds. The summed E-state index contributed by atoms with van der Waals surface area (Å²) in [6.45, 7) is 0. The molecule has 10 heteroatoms. The lowest BCUT2D eigenvalue weighted by Gasteiger charge is -2.32. The lowest BCUT2D eigenvalue weighted by Crippen LogP contribution is -2.26. The fourth-order valence-electron chi connectivity index (χ4n) is 19.4. The second-order valence-corrected chi connectivity index (χ2v) is 30.2. The van der Waals surface area contributed by atoms with Gasteiger partial charge < -0.3 is 18.3 Å². The fraction of sp³-hybridized carbons (Fsp3) is 0.0485. The van der Waals surface area contributed by atoms with Gasteiger partial charge in [-0.15, -0.1) is 0 Å². The number of aromatic nitrogens is 10. The molecule has 1 spiro atoms. The smallest absolute Gasteiger partial charge is 0.164 e. The molecule has 0 atom stereocenters. The molecule has 0 aliphatic heterocycles. The molecule has 0 saturated carbocycles. The van der Waals surface area contributed by atoms with E-state index in [1.165, 1.54) is 65.9 Å². The van der Waals surface area contributed by atoms with Gasteiger partial charge in [-0.05, 0) is 155 Å². The Labute approximate surface area is 650 Å². The molecule has 6 aromatic heterocycles. The summed E-state index contributed by atoms with van der Waals surface area (Å²) in [5, 5.41) is 7.26. The van der Waals surface area contributed by atoms with Crippen molar-refractivity contribution in [3.63, 3.8) is 0 Å². The minimum atomic E-state index is -1.06. The van der Waals surface area contributed by atoms with Crippen LogP contribution >= 0.6 is 0 Å². The maximum Gasteiger partial charge on any atom is 0.164 e. The first-order valence-corrected chi connectivity index (χ1v) is 39.0. The molecule has 0 saturated heterocycles. The van der Waals surface area contributed by atoms with Crippen LogP contribution in [0.15, 0.2) is 340 Å². The van der Waals surface area contributed by atoms with Crippen molar-refractivity contribution in [2.75, 3.05) is 0 Å². The molecule has 14 aromatic carbocycles. The van der Waals surface area contributed by atoms with Crippen molar-refractivity contribution in [1.82, 2.24) is 48.2 Å². The highest BCUT2D eigenvalue weighted by molar-refractivity contribution is 6.21. The van der Waals surface area contributed by atoms with Crippen LogP contribution < -0.4 is 0 Å². The van der Waals surface area contributed by atoms with Gasteiger partial charge in [0.1, 0.15) is 0 Å². The monoisotopic (exact) mass is 1440 g/mol. The number of hydrogen-bond acceptors (Lipinski definition) is 6. The average Bonchev–Trinajstić information content (AvgIpc) is 1.49. The van der Waals surface area contributed by atoms with E-state index in [1.807, 2.05) is 72.8 Å². The minimum Gasteiger partial charge on any atom is -0.311 e. The standard InChI is InChI=1S/C103H66N10/c1-7-27-63(28-8-1)97-104-98(64-29-9-2-10-30-64)107-101(106-97)67-47-51-73-74-52-48-68(102-108-99(65-31-11-3-12-32-65)105-100(109-102)66-33-13-4-14-34-66)60-86(74)103(85(73)59-67)87-61-71(112-91-45-25-21-41-79(91)83-57-55-81-77-39-19-23-43-89(77)110(93(81)95(83)112)69-35-15-5-16-36-69)49-53-75(87)76-54-50-72(62-88(76)103)113-92-46-26-22-42-80(92)84-58-56-82-78-40-20-24-44-90(78)111(94(82)96(84)113)70-37-17-6-18-38-70/h1-19,21-22,24-39,41-42,44-62H,20,23,40,43H2. The largest absolute Gasteiger partial charge is 0.311 e. The Morgan fingerprint density at radius 1 is 0.248 bits per heavy atom. The zero-order valence-electron chi connectivity index (χ0n) is 61.3. The summed E-state index contributed by atoms with van der Waals surface area (Å²) in [6, 6.07) is 119. The van der Waals surface area contributed by atoms with E-state index in [2.05, 4.69) is 297 Å². The zero-order chi connectivity index (χ0) is 74.0. The molecule has 0 fully saturated rings. The van der Waals surface area contributed by atoms with Crippen LogP contribution in [0.1, 0.15) is 57.6 Å². The van der Waals surface area contributed by atoms with Gasteiger partial charge in [-0.1, -0.05) is 273 Å². The van der Waals surface area contributed by atoms with Crippen molar-refractivity contribution < 1.29 is 0 Å². The van der Waals surface area contributed by atoms with Crippen LogP contribution in [0.2, 0.25) is 0 Å². The summed E-state index contributed by atoms with van der Waals surface area (Å²) in [4.78, 5) is 32.5. The average molecular weight is 1440 g/mol. The molecule has 0 unspecified atom stereocenters. The first-order chi connectivity index (χ1) is 56.1. The van der Waals surface area contributed by atoms with Gasteiger partial charge in [-0.2, -0.15) is 0 Å². The number of aryl methyl sites for hydroxylation is 1. The van der Waals surface area contributed by atoms with Crippen LogP contribution in [0, 0.1) is 0 Å². The van der Waals surface area contributed by atoms with Crippen molar-refractivity contribution >= 4 is 77.6 Å². The topological polar surface area (TPSA) is 97.1 Å². The van der Waals surface area contributed by atoms with E-state index >= 15 is 0 Å². The first-order valence-electron chi connectivity index (χ1n) is 39.0. The lowest BCUT2D eigenvalue weighted by atomic mass is 9.70. The zero-order valence-corrected chi connectivity index (χ0v) is 61.3. The molecule has 24 rings (SSSR count). The molecular formula is C103H66N10. The Bertz CT molecular complexity index is 7030. The maximum atomic E-state index is 5.50. The quantitative estimate of drug-likeness (QED) is 0.135. The van der Waals surface area contributed by atoms with E-state index in [1.54, 1.807) is 0 Å². The Balaban J connectivity index is 0.838.